The summed E-state index contributed by atoms with van der Waals surface area (Å²) in [5.41, 5.74) is 8.71. The highest BCUT2D eigenvalue weighted by Gasteiger charge is 2.62. The van der Waals surface area contributed by atoms with E-state index in [0.29, 0.717) is 35.8 Å². The minimum absolute atomic E-state index is 0.0883. The second-order valence-electron chi connectivity index (χ2n) is 18.2. The molecule has 3 N–H and O–H groups in total. The molecule has 0 heterocycles. The van der Waals surface area contributed by atoms with Gasteiger partial charge in [0.2, 0.25) is 0 Å². The highest BCUT2D eigenvalue weighted by atomic mass is 16.3. The number of fused-ring (bicyclic) bond motifs is 9. The Hall–Kier alpha value is -3.33. The molecule has 10 atom stereocenters. The van der Waals surface area contributed by atoms with Gasteiger partial charge in [0.1, 0.15) is 11.4 Å². The van der Waals surface area contributed by atoms with Crippen LogP contribution in [0.1, 0.15) is 126 Å². The number of aromatic hydroxyl groups is 1. The number of phenolic OH excluding ortho intramolecular Hbond substituents is 1. The van der Waals surface area contributed by atoms with E-state index >= 15 is 0 Å². The lowest BCUT2D eigenvalue weighted by atomic mass is 9.51. The van der Waals surface area contributed by atoms with Crippen LogP contribution in [0.5, 0.6) is 5.75 Å². The van der Waals surface area contributed by atoms with Crippen molar-refractivity contribution in [2.75, 3.05) is 19.0 Å². The number of carbonyl (C=O) groups excluding carboxylic acids is 1. The number of nitrogens with zero attached hydrogens (tertiary/aromatic N) is 1. The lowest BCUT2D eigenvalue weighted by Crippen LogP contribution is -2.51. The van der Waals surface area contributed by atoms with Crippen molar-refractivity contribution in [1.82, 2.24) is 0 Å². The maximum Gasteiger partial charge on any atom is 0.156 e. The Morgan fingerprint density at radius 1 is 0.846 bits per heavy atom. The van der Waals surface area contributed by atoms with Gasteiger partial charge in [0.25, 0.3) is 0 Å². The maximum absolute atomic E-state index is 12.2. The van der Waals surface area contributed by atoms with Crippen molar-refractivity contribution in [3.8, 4) is 17.6 Å². The van der Waals surface area contributed by atoms with Crippen molar-refractivity contribution in [3.05, 3.63) is 82.0 Å². The van der Waals surface area contributed by atoms with Gasteiger partial charge in [-0.2, -0.15) is 0 Å². The maximum atomic E-state index is 12.2. The smallest absolute Gasteiger partial charge is 0.156 e. The number of allylic oxidation sites excluding steroid dienone is 4. The second-order valence-corrected chi connectivity index (χ2v) is 18.2. The summed E-state index contributed by atoms with van der Waals surface area (Å²) in [5, 5.41) is 31.8. The molecule has 0 radical (unpaired) electrons. The molecule has 2 aromatic rings. The second kappa shape index (κ2) is 13.2. The van der Waals surface area contributed by atoms with E-state index < -0.39 is 5.60 Å². The first-order valence-corrected chi connectivity index (χ1v) is 20.3. The number of carbonyl (C=O) groups is 1. The summed E-state index contributed by atoms with van der Waals surface area (Å²) in [6, 6.07) is 14.9. The molecule has 0 aliphatic heterocycles. The number of hydrogen-bond acceptors (Lipinski definition) is 5. The number of phenols is 1. The van der Waals surface area contributed by atoms with Gasteiger partial charge in [-0.25, -0.2) is 0 Å². The first-order valence-electron chi connectivity index (χ1n) is 20.3. The minimum atomic E-state index is -0.914. The quantitative estimate of drug-likeness (QED) is 0.273. The first-order chi connectivity index (χ1) is 24.9. The number of benzene rings is 2. The average molecular weight is 702 g/mol. The van der Waals surface area contributed by atoms with E-state index in [2.05, 4.69) is 75.0 Å². The van der Waals surface area contributed by atoms with E-state index in [9.17, 15) is 20.1 Å². The summed E-state index contributed by atoms with van der Waals surface area (Å²) < 4.78 is 0. The SMILES string of the molecule is CC#C[C@]1(O)CC[C@H]2[C@@H]3CCC4=CC(=O)CCC4=C3[C@@H](c3ccc(N(C)C)cc3)C[C@@]21C.C[C@]12CC[C@@H]3c4ccc(O)cc4CC[C@H]3[C@@H]1CC[C@@H]2O. The molecule has 5 heteroatoms. The molecule has 0 aromatic heterocycles. The molecule has 52 heavy (non-hydrogen) atoms. The zero-order valence-electron chi connectivity index (χ0n) is 32.0. The molecule has 7 aliphatic carbocycles. The Balaban J connectivity index is 0.000000165. The molecule has 0 saturated heterocycles. The van der Waals surface area contributed by atoms with Gasteiger partial charge in [-0.3, -0.25) is 4.79 Å². The van der Waals surface area contributed by atoms with Crippen LogP contribution >= 0.6 is 0 Å². The van der Waals surface area contributed by atoms with Crippen LogP contribution < -0.4 is 4.90 Å². The predicted octanol–water partition coefficient (Wildman–Crippen LogP) is 9.02. The highest BCUT2D eigenvalue weighted by molar-refractivity contribution is 5.93. The third-order valence-corrected chi connectivity index (χ3v) is 15.7. The van der Waals surface area contributed by atoms with Crippen LogP contribution in [0.4, 0.5) is 5.69 Å². The van der Waals surface area contributed by atoms with Gasteiger partial charge < -0.3 is 20.2 Å². The van der Waals surface area contributed by atoms with Crippen LogP contribution in [-0.2, 0) is 11.2 Å². The van der Waals surface area contributed by atoms with E-state index in [-0.39, 0.29) is 28.6 Å². The van der Waals surface area contributed by atoms with Crippen molar-refractivity contribution in [1.29, 1.82) is 0 Å². The summed E-state index contributed by atoms with van der Waals surface area (Å²) in [7, 11) is 4.14. The average Bonchev–Trinajstić information content (AvgIpc) is 3.58. The molecule has 7 aliphatic rings. The number of rotatable bonds is 2. The van der Waals surface area contributed by atoms with E-state index in [4.69, 9.17) is 0 Å². The van der Waals surface area contributed by atoms with Crippen LogP contribution in [0.25, 0.3) is 0 Å². The van der Waals surface area contributed by atoms with Crippen molar-refractivity contribution in [2.45, 2.75) is 128 Å². The van der Waals surface area contributed by atoms with E-state index in [1.807, 2.05) is 25.1 Å². The van der Waals surface area contributed by atoms with Gasteiger partial charge in [-0.1, -0.05) is 43.5 Å². The fourth-order valence-corrected chi connectivity index (χ4v) is 12.9. The summed E-state index contributed by atoms with van der Waals surface area (Å²) >= 11 is 0. The fourth-order valence-electron chi connectivity index (χ4n) is 12.9. The molecular formula is C47H59NO4. The summed E-state index contributed by atoms with van der Waals surface area (Å²) in [6.07, 6.45) is 15.0. The largest absolute Gasteiger partial charge is 0.508 e. The van der Waals surface area contributed by atoms with Crippen LogP contribution in [0.15, 0.2) is 65.3 Å². The fraction of sp³-hybridized carbons (Fsp3) is 0.596. The number of aliphatic hydroxyl groups is 2. The highest BCUT2D eigenvalue weighted by Crippen LogP contribution is 2.67. The topological polar surface area (TPSA) is 81.0 Å². The van der Waals surface area contributed by atoms with Crippen molar-refractivity contribution < 1.29 is 20.1 Å². The number of aryl methyl sites for hydroxylation is 1. The van der Waals surface area contributed by atoms with Crippen LogP contribution in [-0.4, -0.2) is 46.9 Å². The number of hydrogen-bond donors (Lipinski definition) is 3. The molecule has 276 valence electrons. The molecule has 0 spiro atoms. The third kappa shape index (κ3) is 5.61. The Morgan fingerprint density at radius 2 is 1.63 bits per heavy atom. The van der Waals surface area contributed by atoms with Crippen LogP contribution in [0.3, 0.4) is 0 Å². The van der Waals surface area contributed by atoms with E-state index in [0.717, 1.165) is 63.7 Å². The zero-order valence-corrected chi connectivity index (χ0v) is 32.0. The van der Waals surface area contributed by atoms with Crippen LogP contribution in [0, 0.1) is 46.3 Å². The van der Waals surface area contributed by atoms with Crippen molar-refractivity contribution >= 4 is 11.5 Å². The monoisotopic (exact) mass is 701 g/mol. The normalized spacial score (nSPS) is 38.5. The summed E-state index contributed by atoms with van der Waals surface area (Å²) in [5.74, 6) is 10.2. The molecule has 4 fully saturated rings. The molecule has 0 unspecified atom stereocenters. The zero-order chi connectivity index (χ0) is 36.6. The van der Waals surface area contributed by atoms with E-state index in [1.54, 1.807) is 5.57 Å². The number of anilines is 1. The molecular weight excluding hydrogens is 643 g/mol. The number of ketones is 1. The van der Waals surface area contributed by atoms with Gasteiger partial charge in [0.05, 0.1) is 6.10 Å². The Labute approximate surface area is 311 Å². The molecule has 5 nitrogen and oxygen atoms in total. The number of aliphatic hydroxyl groups excluding tert-OH is 1. The molecule has 9 rings (SSSR count). The molecule has 0 amide bonds. The van der Waals surface area contributed by atoms with Gasteiger partial charge in [0, 0.05) is 37.5 Å². The Kier molecular flexibility index (Phi) is 9.06. The standard InChI is InChI=1S/C29H35NO2.C18H24O2/c1-5-15-29(32)16-14-26-24-12-8-20-17-22(31)11-13-23(20)27(24)25(18-28(26,29)2)19-6-9-21(10-7-19)30(3)4;1-18-9-8-14-13-5-3-12(19)10-11(13)2-4-15(14)16(18)6-7-17(18)20/h6-7,9-10,17,24-26,32H,8,11-14,16,18H2,1-4H3;3,5,10,14-17,19-20H,2,4,6-9H2,1H3/t24-,25+,26-,28-,29-;14-,15-,16+,17+,18+/m01/s1. The molecule has 0 bridgehead atoms. The predicted molar refractivity (Wildman–Crippen MR) is 208 cm³/mol. The molecule has 4 saturated carbocycles. The third-order valence-electron chi connectivity index (χ3n) is 15.7. The summed E-state index contributed by atoms with van der Waals surface area (Å²) in [6.45, 7) is 6.46. The lowest BCUT2D eigenvalue weighted by Gasteiger charge is -2.53. The van der Waals surface area contributed by atoms with Gasteiger partial charge in [-0.05, 0) is 177 Å². The van der Waals surface area contributed by atoms with Gasteiger partial charge in [-0.15, -0.1) is 5.92 Å². The lowest BCUT2D eigenvalue weighted by molar-refractivity contribution is -0.114. The minimum Gasteiger partial charge on any atom is -0.508 e. The van der Waals surface area contributed by atoms with Crippen molar-refractivity contribution in [2.24, 2.45) is 34.5 Å². The van der Waals surface area contributed by atoms with E-state index in [1.165, 1.54) is 52.8 Å². The van der Waals surface area contributed by atoms with Gasteiger partial charge >= 0.3 is 0 Å². The van der Waals surface area contributed by atoms with Crippen molar-refractivity contribution in [3.63, 3.8) is 0 Å². The molecule has 2 aromatic carbocycles. The first kappa shape index (κ1) is 35.7. The Morgan fingerprint density at radius 3 is 2.38 bits per heavy atom. The van der Waals surface area contributed by atoms with Crippen LogP contribution in [0.2, 0.25) is 0 Å². The van der Waals surface area contributed by atoms with Gasteiger partial charge in [0.15, 0.2) is 5.78 Å². The summed E-state index contributed by atoms with van der Waals surface area (Å²) in [4.78, 5) is 14.3. The Bertz CT molecular complexity index is 1860.